The zero-order valence-electron chi connectivity index (χ0n) is 13.6. The van der Waals surface area contributed by atoms with Gasteiger partial charge in [0.2, 0.25) is 0 Å². The van der Waals surface area contributed by atoms with Gasteiger partial charge in [-0.2, -0.15) is 0 Å². The molecule has 122 valence electrons. The Morgan fingerprint density at radius 1 is 1.04 bits per heavy atom. The van der Waals surface area contributed by atoms with Crippen LogP contribution < -0.4 is 14.8 Å². The van der Waals surface area contributed by atoms with Crippen LogP contribution in [0.3, 0.4) is 0 Å². The molecule has 3 rings (SSSR count). The predicted octanol–water partition coefficient (Wildman–Crippen LogP) is 2.63. The summed E-state index contributed by atoms with van der Waals surface area (Å²) < 4.78 is 11.3. The lowest BCUT2D eigenvalue weighted by Gasteiger charge is -2.38. The van der Waals surface area contributed by atoms with E-state index in [-0.39, 0.29) is 0 Å². The van der Waals surface area contributed by atoms with Crippen LogP contribution in [0.15, 0.2) is 42.5 Å². The lowest BCUT2D eigenvalue weighted by molar-refractivity contribution is -0.0148. The van der Waals surface area contributed by atoms with Crippen molar-refractivity contribution in [3.05, 3.63) is 59.2 Å². The van der Waals surface area contributed by atoms with E-state index in [1.807, 2.05) is 18.2 Å². The SMILES string of the molecule is CCc1ccc(COc2ccc(C3(O)CNC3)cc2OC)cc1. The second-order valence-electron chi connectivity index (χ2n) is 5.96. The highest BCUT2D eigenvalue weighted by Gasteiger charge is 2.36. The molecule has 23 heavy (non-hydrogen) atoms. The van der Waals surface area contributed by atoms with Crippen molar-refractivity contribution in [3.8, 4) is 11.5 Å². The molecule has 2 aromatic rings. The van der Waals surface area contributed by atoms with Crippen LogP contribution in [0.25, 0.3) is 0 Å². The first-order valence-corrected chi connectivity index (χ1v) is 7.97. The highest BCUT2D eigenvalue weighted by Crippen LogP contribution is 2.34. The van der Waals surface area contributed by atoms with Gasteiger partial charge in [0.15, 0.2) is 11.5 Å². The summed E-state index contributed by atoms with van der Waals surface area (Å²) in [5.41, 5.74) is 2.50. The molecule has 1 aliphatic rings. The van der Waals surface area contributed by atoms with Crippen molar-refractivity contribution in [1.82, 2.24) is 5.32 Å². The first-order valence-electron chi connectivity index (χ1n) is 7.97. The molecule has 1 heterocycles. The van der Waals surface area contributed by atoms with E-state index in [1.165, 1.54) is 5.56 Å². The number of β-amino-alcohol motifs (C(OH)–C–C–N with tert-alkyl or cyclic N) is 1. The molecular weight excluding hydrogens is 290 g/mol. The average Bonchev–Trinajstić information content (AvgIpc) is 2.58. The van der Waals surface area contributed by atoms with E-state index < -0.39 is 5.60 Å². The number of ether oxygens (including phenoxy) is 2. The summed E-state index contributed by atoms with van der Waals surface area (Å²) in [6.45, 7) is 3.77. The van der Waals surface area contributed by atoms with Gasteiger partial charge < -0.3 is 19.9 Å². The van der Waals surface area contributed by atoms with Gasteiger partial charge >= 0.3 is 0 Å². The molecule has 0 bridgehead atoms. The summed E-state index contributed by atoms with van der Waals surface area (Å²) in [5, 5.41) is 13.5. The predicted molar refractivity (Wildman–Crippen MR) is 89.9 cm³/mol. The molecule has 0 unspecified atom stereocenters. The maximum atomic E-state index is 10.4. The van der Waals surface area contributed by atoms with E-state index in [0.29, 0.717) is 31.2 Å². The van der Waals surface area contributed by atoms with Crippen molar-refractivity contribution in [2.24, 2.45) is 0 Å². The van der Waals surface area contributed by atoms with Crippen LogP contribution in [0.2, 0.25) is 0 Å². The smallest absolute Gasteiger partial charge is 0.161 e. The second-order valence-corrected chi connectivity index (χ2v) is 5.96. The van der Waals surface area contributed by atoms with Crippen molar-refractivity contribution in [2.45, 2.75) is 25.6 Å². The van der Waals surface area contributed by atoms with Gasteiger partial charge in [0.1, 0.15) is 12.2 Å². The molecule has 0 radical (unpaired) electrons. The third-order valence-electron chi connectivity index (χ3n) is 4.36. The fourth-order valence-electron chi connectivity index (χ4n) is 2.67. The topological polar surface area (TPSA) is 50.7 Å². The molecule has 0 spiro atoms. The van der Waals surface area contributed by atoms with E-state index in [4.69, 9.17) is 9.47 Å². The Kier molecular flexibility index (Phi) is 4.55. The normalized spacial score (nSPS) is 15.8. The van der Waals surface area contributed by atoms with Crippen LogP contribution in [-0.2, 0) is 18.6 Å². The van der Waals surface area contributed by atoms with Crippen molar-refractivity contribution >= 4 is 0 Å². The van der Waals surface area contributed by atoms with Gasteiger partial charge in [0.25, 0.3) is 0 Å². The molecule has 4 nitrogen and oxygen atoms in total. The van der Waals surface area contributed by atoms with Gasteiger partial charge in [-0.15, -0.1) is 0 Å². The van der Waals surface area contributed by atoms with Gasteiger partial charge in [-0.25, -0.2) is 0 Å². The number of aliphatic hydroxyl groups is 1. The second kappa shape index (κ2) is 6.60. The number of nitrogens with one attached hydrogen (secondary N) is 1. The minimum Gasteiger partial charge on any atom is -0.493 e. The van der Waals surface area contributed by atoms with E-state index in [9.17, 15) is 5.11 Å². The number of hydrogen-bond donors (Lipinski definition) is 2. The Hall–Kier alpha value is -2.04. The summed E-state index contributed by atoms with van der Waals surface area (Å²) in [6.07, 6.45) is 1.04. The quantitative estimate of drug-likeness (QED) is 0.861. The average molecular weight is 313 g/mol. The zero-order valence-corrected chi connectivity index (χ0v) is 13.6. The first-order chi connectivity index (χ1) is 11.1. The van der Waals surface area contributed by atoms with E-state index in [1.54, 1.807) is 7.11 Å². The van der Waals surface area contributed by atoms with Gasteiger partial charge in [-0.3, -0.25) is 0 Å². The molecule has 2 N–H and O–H groups in total. The number of benzene rings is 2. The summed E-state index contributed by atoms with van der Waals surface area (Å²) >= 11 is 0. The van der Waals surface area contributed by atoms with Crippen LogP contribution in [-0.4, -0.2) is 25.3 Å². The molecule has 0 saturated carbocycles. The molecule has 1 fully saturated rings. The highest BCUT2D eigenvalue weighted by molar-refractivity contribution is 5.45. The Balaban J connectivity index is 1.71. The van der Waals surface area contributed by atoms with Crippen LogP contribution in [0.5, 0.6) is 11.5 Å². The fraction of sp³-hybridized carbons (Fsp3) is 0.368. The summed E-state index contributed by atoms with van der Waals surface area (Å²) in [4.78, 5) is 0. The molecule has 2 aromatic carbocycles. The fourth-order valence-corrected chi connectivity index (χ4v) is 2.67. The van der Waals surface area contributed by atoms with Gasteiger partial charge in [0, 0.05) is 13.1 Å². The number of rotatable bonds is 6. The Morgan fingerprint density at radius 3 is 2.30 bits per heavy atom. The molecule has 0 amide bonds. The summed E-state index contributed by atoms with van der Waals surface area (Å²) in [7, 11) is 1.62. The molecule has 1 aliphatic heterocycles. The Morgan fingerprint density at radius 2 is 1.74 bits per heavy atom. The first kappa shape index (κ1) is 15.8. The molecule has 1 saturated heterocycles. The standard InChI is InChI=1S/C19H23NO3/c1-3-14-4-6-15(7-5-14)11-23-17-9-8-16(10-18(17)22-2)19(21)12-20-13-19/h4-10,20-21H,3,11-13H2,1-2H3. The van der Waals surface area contributed by atoms with Gasteiger partial charge in [-0.05, 0) is 35.2 Å². The Bertz CT molecular complexity index is 663. The van der Waals surface area contributed by atoms with Crippen LogP contribution in [0, 0.1) is 0 Å². The van der Waals surface area contributed by atoms with Crippen LogP contribution in [0.4, 0.5) is 0 Å². The minimum atomic E-state index is -0.790. The molecule has 0 aromatic heterocycles. The van der Waals surface area contributed by atoms with Gasteiger partial charge in [0.05, 0.1) is 7.11 Å². The van der Waals surface area contributed by atoms with Crippen LogP contribution in [0.1, 0.15) is 23.6 Å². The molecule has 0 atom stereocenters. The van der Waals surface area contributed by atoms with Crippen molar-refractivity contribution in [2.75, 3.05) is 20.2 Å². The molecule has 4 heteroatoms. The molecular formula is C19H23NO3. The van der Waals surface area contributed by atoms with E-state index >= 15 is 0 Å². The highest BCUT2D eigenvalue weighted by atomic mass is 16.5. The lowest BCUT2D eigenvalue weighted by atomic mass is 9.88. The van der Waals surface area contributed by atoms with E-state index in [0.717, 1.165) is 17.5 Å². The maximum absolute atomic E-state index is 10.4. The molecule has 0 aliphatic carbocycles. The summed E-state index contributed by atoms with van der Waals surface area (Å²) in [6, 6.07) is 14.0. The number of methoxy groups -OCH3 is 1. The van der Waals surface area contributed by atoms with Gasteiger partial charge in [-0.1, -0.05) is 37.3 Å². The van der Waals surface area contributed by atoms with Crippen LogP contribution >= 0.6 is 0 Å². The number of aryl methyl sites for hydroxylation is 1. The number of hydrogen-bond acceptors (Lipinski definition) is 4. The minimum absolute atomic E-state index is 0.492. The van der Waals surface area contributed by atoms with E-state index in [2.05, 4.69) is 36.5 Å². The summed E-state index contributed by atoms with van der Waals surface area (Å²) in [5.74, 6) is 1.33. The van der Waals surface area contributed by atoms with Crippen molar-refractivity contribution < 1.29 is 14.6 Å². The van der Waals surface area contributed by atoms with Crippen molar-refractivity contribution in [1.29, 1.82) is 0 Å². The third kappa shape index (κ3) is 3.33. The lowest BCUT2D eigenvalue weighted by Crippen LogP contribution is -2.56. The largest absolute Gasteiger partial charge is 0.493 e. The third-order valence-corrected chi connectivity index (χ3v) is 4.36. The maximum Gasteiger partial charge on any atom is 0.161 e. The monoisotopic (exact) mass is 313 g/mol. The Labute approximate surface area is 137 Å². The van der Waals surface area contributed by atoms with Crippen molar-refractivity contribution in [3.63, 3.8) is 0 Å². The zero-order chi connectivity index (χ0) is 16.3.